The molecule has 0 bridgehead atoms. The van der Waals surface area contributed by atoms with Crippen molar-refractivity contribution in [3.8, 4) is 5.75 Å². The Morgan fingerprint density at radius 1 is 1.14 bits per heavy atom. The molecule has 0 radical (unpaired) electrons. The minimum atomic E-state index is -4.37. The summed E-state index contributed by atoms with van der Waals surface area (Å²) in [5.41, 5.74) is 5.12. The summed E-state index contributed by atoms with van der Waals surface area (Å²) >= 11 is 0. The first-order valence-corrected chi connectivity index (χ1v) is 10.6. The fourth-order valence-electron chi connectivity index (χ4n) is 3.47. The molecule has 35 heavy (non-hydrogen) atoms. The van der Waals surface area contributed by atoms with Gasteiger partial charge in [0, 0.05) is 24.7 Å². The number of benzene rings is 1. The Bertz CT molecular complexity index is 1250. The molecule has 0 fully saturated rings. The SMILES string of the molecule is Cc1cc(OCc2c(F)ccc(F)c2F)c2nc(C)c(C(=O)NCC(C)(N)CCC(F)(F)F)n2c1. The molecule has 1 unspecified atom stereocenters. The molecule has 0 aliphatic carbocycles. The predicted molar refractivity (Wildman–Crippen MR) is 116 cm³/mol. The number of rotatable bonds is 8. The number of fused-ring (bicyclic) bond motifs is 1. The average Bonchev–Trinajstić information content (AvgIpc) is 3.08. The number of nitrogens with two attached hydrogens (primary N) is 1. The molecule has 3 N–H and O–H groups in total. The standard InChI is InChI=1S/C23H24F6N4O2/c1-12-8-17(35-10-14-15(24)4-5-16(25)18(14)26)20-32-13(2)19(33(20)9-12)21(34)31-11-22(3,30)6-7-23(27,28)29/h4-5,8-9H,6-7,10-11,30H2,1-3H3,(H,31,34). The van der Waals surface area contributed by atoms with Crippen LogP contribution in [0.5, 0.6) is 5.75 Å². The first-order chi connectivity index (χ1) is 16.2. The fraction of sp³-hybridized carbons (Fsp3) is 0.391. The van der Waals surface area contributed by atoms with E-state index in [1.54, 1.807) is 13.1 Å². The Hall–Kier alpha value is -3.28. The number of hydrogen-bond acceptors (Lipinski definition) is 4. The highest BCUT2D eigenvalue weighted by atomic mass is 19.4. The van der Waals surface area contributed by atoms with Gasteiger partial charge in [-0.1, -0.05) is 0 Å². The van der Waals surface area contributed by atoms with Gasteiger partial charge in [0.2, 0.25) is 0 Å². The minimum Gasteiger partial charge on any atom is -0.485 e. The van der Waals surface area contributed by atoms with Crippen molar-refractivity contribution in [3.05, 3.63) is 64.4 Å². The van der Waals surface area contributed by atoms with E-state index >= 15 is 0 Å². The molecule has 0 saturated heterocycles. The zero-order valence-electron chi connectivity index (χ0n) is 19.2. The van der Waals surface area contributed by atoms with E-state index in [1.165, 1.54) is 24.3 Å². The van der Waals surface area contributed by atoms with Crippen molar-refractivity contribution in [3.63, 3.8) is 0 Å². The minimum absolute atomic E-state index is 0.0864. The van der Waals surface area contributed by atoms with Gasteiger partial charge < -0.3 is 15.8 Å². The van der Waals surface area contributed by atoms with E-state index < -0.39 is 53.7 Å². The number of carbonyl (C=O) groups excluding carboxylic acids is 1. The quantitative estimate of drug-likeness (QED) is 0.345. The van der Waals surface area contributed by atoms with Gasteiger partial charge in [0.15, 0.2) is 23.0 Å². The number of imidazole rings is 1. The van der Waals surface area contributed by atoms with Crippen LogP contribution in [-0.2, 0) is 6.61 Å². The van der Waals surface area contributed by atoms with Crippen molar-refractivity contribution < 1.29 is 35.9 Å². The Kier molecular flexibility index (Phi) is 7.34. The highest BCUT2D eigenvalue weighted by molar-refractivity contribution is 5.95. The summed E-state index contributed by atoms with van der Waals surface area (Å²) in [6, 6.07) is 2.98. The Morgan fingerprint density at radius 2 is 1.80 bits per heavy atom. The van der Waals surface area contributed by atoms with Crippen LogP contribution in [0.1, 0.15) is 47.1 Å². The lowest BCUT2D eigenvalue weighted by Crippen LogP contribution is -2.48. The number of pyridine rings is 1. The number of aryl methyl sites for hydroxylation is 2. The maximum Gasteiger partial charge on any atom is 0.389 e. The van der Waals surface area contributed by atoms with E-state index in [4.69, 9.17) is 10.5 Å². The first-order valence-electron chi connectivity index (χ1n) is 10.6. The van der Waals surface area contributed by atoms with E-state index in [2.05, 4.69) is 10.3 Å². The van der Waals surface area contributed by atoms with Gasteiger partial charge in [-0.05, 0) is 51.0 Å². The van der Waals surface area contributed by atoms with Crippen molar-refractivity contribution in [2.45, 2.75) is 51.9 Å². The van der Waals surface area contributed by atoms with Crippen LogP contribution in [-0.4, -0.2) is 33.6 Å². The number of nitrogens with one attached hydrogen (secondary N) is 1. The molecular formula is C23H24F6N4O2. The van der Waals surface area contributed by atoms with Gasteiger partial charge >= 0.3 is 6.18 Å². The van der Waals surface area contributed by atoms with Gasteiger partial charge in [-0.2, -0.15) is 13.2 Å². The van der Waals surface area contributed by atoms with Crippen molar-refractivity contribution in [1.29, 1.82) is 0 Å². The van der Waals surface area contributed by atoms with Crippen LogP contribution in [0.2, 0.25) is 0 Å². The molecule has 3 aromatic rings. The summed E-state index contributed by atoms with van der Waals surface area (Å²) in [6.07, 6.45) is -4.26. The third-order valence-electron chi connectivity index (χ3n) is 5.36. The molecule has 190 valence electrons. The molecule has 1 amide bonds. The van der Waals surface area contributed by atoms with Gasteiger partial charge in [0.05, 0.1) is 11.3 Å². The van der Waals surface area contributed by atoms with E-state index in [-0.39, 0.29) is 35.8 Å². The smallest absolute Gasteiger partial charge is 0.389 e. The molecule has 1 aromatic carbocycles. The largest absolute Gasteiger partial charge is 0.485 e. The molecule has 0 saturated carbocycles. The average molecular weight is 502 g/mol. The molecule has 12 heteroatoms. The highest BCUT2D eigenvalue weighted by Gasteiger charge is 2.32. The van der Waals surface area contributed by atoms with Crippen LogP contribution in [0, 0.1) is 31.3 Å². The van der Waals surface area contributed by atoms with Crippen LogP contribution in [0.3, 0.4) is 0 Å². The summed E-state index contributed by atoms with van der Waals surface area (Å²) in [5.74, 6) is -4.12. The van der Waals surface area contributed by atoms with Gasteiger partial charge in [-0.3, -0.25) is 9.20 Å². The van der Waals surface area contributed by atoms with Crippen LogP contribution < -0.4 is 15.8 Å². The van der Waals surface area contributed by atoms with Crippen LogP contribution in [0.25, 0.3) is 5.65 Å². The number of aromatic nitrogens is 2. The molecule has 6 nitrogen and oxygen atoms in total. The molecular weight excluding hydrogens is 478 g/mol. The van der Waals surface area contributed by atoms with E-state index in [9.17, 15) is 31.1 Å². The number of halogens is 6. The number of carbonyl (C=O) groups is 1. The van der Waals surface area contributed by atoms with Gasteiger partial charge in [0.1, 0.15) is 18.1 Å². The molecule has 0 aliphatic heterocycles. The van der Waals surface area contributed by atoms with Crippen LogP contribution >= 0.6 is 0 Å². The predicted octanol–water partition coefficient (Wildman–Crippen LogP) is 4.74. The number of hydrogen-bond donors (Lipinski definition) is 2. The summed E-state index contributed by atoms with van der Waals surface area (Å²) in [4.78, 5) is 17.2. The van der Waals surface area contributed by atoms with E-state index in [0.29, 0.717) is 11.6 Å². The molecule has 2 aromatic heterocycles. The number of ether oxygens (including phenoxy) is 1. The van der Waals surface area contributed by atoms with Crippen molar-refractivity contribution in [1.82, 2.24) is 14.7 Å². The van der Waals surface area contributed by atoms with Crippen molar-refractivity contribution >= 4 is 11.6 Å². The normalized spacial score (nSPS) is 13.7. The highest BCUT2D eigenvalue weighted by Crippen LogP contribution is 2.27. The fourth-order valence-corrected chi connectivity index (χ4v) is 3.47. The van der Waals surface area contributed by atoms with Crippen molar-refractivity contribution in [2.24, 2.45) is 5.73 Å². The molecule has 0 aliphatic rings. The monoisotopic (exact) mass is 502 g/mol. The topological polar surface area (TPSA) is 81.6 Å². The van der Waals surface area contributed by atoms with Crippen LogP contribution in [0.15, 0.2) is 24.4 Å². The zero-order valence-corrected chi connectivity index (χ0v) is 19.2. The molecule has 1 atom stereocenters. The number of alkyl halides is 3. The van der Waals surface area contributed by atoms with E-state index in [0.717, 1.165) is 6.07 Å². The Morgan fingerprint density at radius 3 is 2.46 bits per heavy atom. The summed E-state index contributed by atoms with van der Waals surface area (Å²) in [6.45, 7) is 3.77. The van der Waals surface area contributed by atoms with Gasteiger partial charge in [0.25, 0.3) is 5.91 Å². The van der Waals surface area contributed by atoms with E-state index in [1.807, 2.05) is 0 Å². The maximum atomic E-state index is 14.0. The second kappa shape index (κ2) is 9.76. The summed E-state index contributed by atoms with van der Waals surface area (Å²) in [5, 5.41) is 2.54. The lowest BCUT2D eigenvalue weighted by Gasteiger charge is -2.25. The second-order valence-corrected chi connectivity index (χ2v) is 8.68. The van der Waals surface area contributed by atoms with Crippen molar-refractivity contribution in [2.75, 3.05) is 6.54 Å². The second-order valence-electron chi connectivity index (χ2n) is 8.68. The number of nitrogens with zero attached hydrogens (tertiary/aromatic N) is 2. The number of amides is 1. The maximum absolute atomic E-state index is 14.0. The Labute approximate surface area is 197 Å². The lowest BCUT2D eigenvalue weighted by atomic mass is 9.97. The van der Waals surface area contributed by atoms with Crippen LogP contribution in [0.4, 0.5) is 26.3 Å². The summed E-state index contributed by atoms with van der Waals surface area (Å²) < 4.78 is 85.9. The van der Waals surface area contributed by atoms with Gasteiger partial charge in [-0.15, -0.1) is 0 Å². The third kappa shape index (κ3) is 6.24. The lowest BCUT2D eigenvalue weighted by molar-refractivity contribution is -0.137. The molecule has 2 heterocycles. The molecule has 0 spiro atoms. The summed E-state index contributed by atoms with van der Waals surface area (Å²) in [7, 11) is 0. The van der Waals surface area contributed by atoms with Gasteiger partial charge in [-0.25, -0.2) is 18.2 Å². The first kappa shape index (κ1) is 26.3. The molecule has 3 rings (SSSR count). The zero-order chi connectivity index (χ0) is 26.1. The Balaban J connectivity index is 1.84. The third-order valence-corrected chi connectivity index (χ3v) is 5.36.